The van der Waals surface area contributed by atoms with E-state index in [-0.39, 0.29) is 28.5 Å². The van der Waals surface area contributed by atoms with Gasteiger partial charge in [0.15, 0.2) is 0 Å². The van der Waals surface area contributed by atoms with E-state index in [1.807, 2.05) is 18.2 Å². The highest BCUT2D eigenvalue weighted by atomic mass is 35.5. The molecule has 0 aliphatic carbocycles. The number of benzene rings is 2. The smallest absolute Gasteiger partial charge is 0.271 e. The van der Waals surface area contributed by atoms with Gasteiger partial charge in [-0.25, -0.2) is 0 Å². The summed E-state index contributed by atoms with van der Waals surface area (Å²) in [5.74, 6) is -0.283. The second-order valence-corrected chi connectivity index (χ2v) is 7.78. The fraction of sp³-hybridized carbons (Fsp3) is 0.250. The van der Waals surface area contributed by atoms with Gasteiger partial charge in [0.1, 0.15) is 5.58 Å². The number of halogens is 1. The number of hydrogen-bond donors (Lipinski definition) is 1. The third-order valence-corrected chi connectivity index (χ3v) is 4.62. The lowest BCUT2D eigenvalue weighted by molar-refractivity contribution is -0.384. The number of non-ortho nitro benzene ring substituents is 1. The molecule has 7 heteroatoms. The first-order valence-corrected chi connectivity index (χ1v) is 8.77. The maximum Gasteiger partial charge on any atom is 0.271 e. The normalized spacial score (nSPS) is 11.6. The largest absolute Gasteiger partial charge is 0.464 e. The van der Waals surface area contributed by atoms with Crippen LogP contribution in [0.25, 0.3) is 11.0 Å². The van der Waals surface area contributed by atoms with Crippen LogP contribution in [0.2, 0.25) is 5.02 Å². The third kappa shape index (κ3) is 4.11. The summed E-state index contributed by atoms with van der Waals surface area (Å²) < 4.78 is 5.55. The van der Waals surface area contributed by atoms with E-state index in [0.717, 1.165) is 22.1 Å². The highest BCUT2D eigenvalue weighted by Gasteiger charge is 2.18. The van der Waals surface area contributed by atoms with E-state index in [9.17, 15) is 14.9 Å². The van der Waals surface area contributed by atoms with Gasteiger partial charge in [-0.2, -0.15) is 0 Å². The number of furan rings is 1. The predicted molar refractivity (Wildman–Crippen MR) is 105 cm³/mol. The van der Waals surface area contributed by atoms with E-state index in [1.54, 1.807) is 6.26 Å². The Bertz CT molecular complexity index is 1030. The number of fused-ring (bicyclic) bond motifs is 1. The number of rotatable bonds is 4. The van der Waals surface area contributed by atoms with Crippen molar-refractivity contribution in [3.63, 3.8) is 0 Å². The van der Waals surface area contributed by atoms with Gasteiger partial charge in [0.2, 0.25) is 5.91 Å². The van der Waals surface area contributed by atoms with Crippen LogP contribution in [0.15, 0.2) is 47.1 Å². The average molecular weight is 387 g/mol. The van der Waals surface area contributed by atoms with Crippen LogP contribution in [0.5, 0.6) is 0 Å². The Morgan fingerprint density at radius 3 is 2.59 bits per heavy atom. The summed E-state index contributed by atoms with van der Waals surface area (Å²) in [7, 11) is 0. The van der Waals surface area contributed by atoms with Crippen LogP contribution in [0.1, 0.15) is 31.9 Å². The number of nitrogens with one attached hydrogen (secondary N) is 1. The zero-order valence-corrected chi connectivity index (χ0v) is 16.0. The number of amides is 1. The average Bonchev–Trinajstić information content (AvgIpc) is 2.98. The molecule has 0 spiro atoms. The second kappa shape index (κ2) is 7.04. The van der Waals surface area contributed by atoms with Crippen LogP contribution < -0.4 is 5.32 Å². The molecule has 1 heterocycles. The van der Waals surface area contributed by atoms with Gasteiger partial charge in [-0.1, -0.05) is 38.4 Å². The summed E-state index contributed by atoms with van der Waals surface area (Å²) in [5.41, 5.74) is 2.82. The standard InChI is InChI=1S/C20H19ClN2O4/c1-20(2,3)13-4-7-18-15(9-13)12(11-27-18)8-19(24)22-17-6-5-14(23(25)26)10-16(17)21/h4-7,9-11H,8H2,1-3H3,(H,22,24). The first-order chi connectivity index (χ1) is 12.6. The van der Waals surface area contributed by atoms with Crippen molar-refractivity contribution < 1.29 is 14.1 Å². The fourth-order valence-corrected chi connectivity index (χ4v) is 2.99. The Hall–Kier alpha value is -2.86. The summed E-state index contributed by atoms with van der Waals surface area (Å²) in [6, 6.07) is 9.89. The number of nitro groups is 1. The van der Waals surface area contributed by atoms with Crippen LogP contribution >= 0.6 is 11.6 Å². The van der Waals surface area contributed by atoms with E-state index < -0.39 is 4.92 Å². The number of nitrogens with zero attached hydrogens (tertiary/aromatic N) is 1. The quantitative estimate of drug-likeness (QED) is 0.475. The fourth-order valence-electron chi connectivity index (χ4n) is 2.77. The first-order valence-electron chi connectivity index (χ1n) is 8.39. The van der Waals surface area contributed by atoms with Gasteiger partial charge >= 0.3 is 0 Å². The van der Waals surface area contributed by atoms with Crippen molar-refractivity contribution in [3.8, 4) is 0 Å². The molecule has 0 aliphatic rings. The molecule has 0 unspecified atom stereocenters. The highest BCUT2D eigenvalue weighted by Crippen LogP contribution is 2.30. The Morgan fingerprint density at radius 2 is 1.96 bits per heavy atom. The molecule has 3 aromatic rings. The molecule has 140 valence electrons. The lowest BCUT2D eigenvalue weighted by Gasteiger charge is -2.18. The molecule has 2 aromatic carbocycles. The molecule has 3 rings (SSSR count). The van der Waals surface area contributed by atoms with Crippen LogP contribution in [-0.4, -0.2) is 10.8 Å². The van der Waals surface area contributed by atoms with Crippen molar-refractivity contribution in [2.24, 2.45) is 0 Å². The molecule has 1 amide bonds. The molecule has 0 radical (unpaired) electrons. The molecule has 0 bridgehead atoms. The summed E-state index contributed by atoms with van der Waals surface area (Å²) in [4.78, 5) is 22.7. The minimum atomic E-state index is -0.540. The van der Waals surface area contributed by atoms with E-state index in [4.69, 9.17) is 16.0 Å². The molecule has 1 aromatic heterocycles. The van der Waals surface area contributed by atoms with E-state index in [1.165, 1.54) is 18.2 Å². The van der Waals surface area contributed by atoms with Crippen molar-refractivity contribution in [1.29, 1.82) is 0 Å². The number of hydrogen-bond acceptors (Lipinski definition) is 4. The number of carbonyl (C=O) groups excluding carboxylic acids is 1. The maximum absolute atomic E-state index is 12.4. The molecular formula is C20H19ClN2O4. The van der Waals surface area contributed by atoms with Crippen molar-refractivity contribution in [2.75, 3.05) is 5.32 Å². The summed E-state index contributed by atoms with van der Waals surface area (Å²) >= 11 is 6.03. The van der Waals surface area contributed by atoms with Crippen molar-refractivity contribution in [2.45, 2.75) is 32.6 Å². The zero-order valence-electron chi connectivity index (χ0n) is 15.2. The van der Waals surface area contributed by atoms with Gasteiger partial charge in [-0.15, -0.1) is 0 Å². The summed E-state index contributed by atoms with van der Waals surface area (Å²) in [6.07, 6.45) is 1.68. The molecule has 1 N–H and O–H groups in total. The second-order valence-electron chi connectivity index (χ2n) is 7.37. The van der Waals surface area contributed by atoms with Crippen LogP contribution in [0, 0.1) is 10.1 Å². The minimum Gasteiger partial charge on any atom is -0.464 e. The van der Waals surface area contributed by atoms with Crippen LogP contribution in [-0.2, 0) is 16.6 Å². The number of nitro benzene ring substituents is 1. The molecular weight excluding hydrogens is 368 g/mol. The molecule has 27 heavy (non-hydrogen) atoms. The van der Waals surface area contributed by atoms with E-state index >= 15 is 0 Å². The number of anilines is 1. The Kier molecular flexibility index (Phi) is 4.93. The van der Waals surface area contributed by atoms with Crippen LogP contribution in [0.3, 0.4) is 0 Å². The van der Waals surface area contributed by atoms with Gasteiger partial charge < -0.3 is 9.73 Å². The Balaban J connectivity index is 1.81. The summed E-state index contributed by atoms with van der Waals surface area (Å²) in [5, 5.41) is 14.5. The number of carbonyl (C=O) groups is 1. The van der Waals surface area contributed by atoms with Crippen molar-refractivity contribution in [1.82, 2.24) is 0 Å². The molecule has 0 saturated carbocycles. The van der Waals surface area contributed by atoms with Crippen LogP contribution in [0.4, 0.5) is 11.4 Å². The van der Waals surface area contributed by atoms with Gasteiger partial charge in [0.25, 0.3) is 5.69 Å². The van der Waals surface area contributed by atoms with Gasteiger partial charge in [0.05, 0.1) is 28.3 Å². The third-order valence-electron chi connectivity index (χ3n) is 4.31. The molecule has 0 aliphatic heterocycles. The van der Waals surface area contributed by atoms with Crippen molar-refractivity contribution in [3.05, 3.63) is 68.9 Å². The lowest BCUT2D eigenvalue weighted by Crippen LogP contribution is -2.14. The highest BCUT2D eigenvalue weighted by molar-refractivity contribution is 6.34. The summed E-state index contributed by atoms with van der Waals surface area (Å²) in [6.45, 7) is 6.37. The van der Waals surface area contributed by atoms with E-state index in [0.29, 0.717) is 5.69 Å². The molecule has 6 nitrogen and oxygen atoms in total. The monoisotopic (exact) mass is 386 g/mol. The topological polar surface area (TPSA) is 85.4 Å². The van der Waals surface area contributed by atoms with Gasteiger partial charge in [0, 0.05) is 23.1 Å². The van der Waals surface area contributed by atoms with E-state index in [2.05, 4.69) is 26.1 Å². The first kappa shape index (κ1) is 18.9. The predicted octanol–water partition coefficient (Wildman–Crippen LogP) is 5.47. The Labute approximate surface area is 161 Å². The molecule has 0 saturated heterocycles. The van der Waals surface area contributed by atoms with Crippen molar-refractivity contribution >= 4 is 39.9 Å². The SMILES string of the molecule is CC(C)(C)c1ccc2occ(CC(=O)Nc3ccc([N+](=O)[O-])cc3Cl)c2c1. The molecule has 0 fully saturated rings. The van der Waals surface area contributed by atoms with Gasteiger partial charge in [-0.3, -0.25) is 14.9 Å². The lowest BCUT2D eigenvalue weighted by atomic mass is 9.86. The molecule has 0 atom stereocenters. The maximum atomic E-state index is 12.4. The van der Waals surface area contributed by atoms with Gasteiger partial charge in [-0.05, 0) is 29.2 Å². The zero-order chi connectivity index (χ0) is 19.8. The minimum absolute atomic E-state index is 0.0166. The Morgan fingerprint density at radius 1 is 1.22 bits per heavy atom.